The molecule has 142 valence electrons. The summed E-state index contributed by atoms with van der Waals surface area (Å²) >= 11 is 0. The lowest BCUT2D eigenvalue weighted by Crippen LogP contribution is -2.63. The van der Waals surface area contributed by atoms with Gasteiger partial charge in [-0.1, -0.05) is 0 Å². The van der Waals surface area contributed by atoms with E-state index in [0.29, 0.717) is 13.0 Å². The van der Waals surface area contributed by atoms with E-state index in [2.05, 4.69) is 10.6 Å². The van der Waals surface area contributed by atoms with Gasteiger partial charge in [0.05, 0.1) is 6.26 Å². The number of piperazine rings is 1. The first-order valence-corrected chi connectivity index (χ1v) is 9.90. The van der Waals surface area contributed by atoms with Crippen LogP contribution in [-0.2, 0) is 29.1 Å². The molecular formula is C14H24N4O6S. The van der Waals surface area contributed by atoms with Gasteiger partial charge in [-0.15, -0.1) is 0 Å². The van der Waals surface area contributed by atoms with Crippen LogP contribution in [0.15, 0.2) is 0 Å². The second-order valence-corrected chi connectivity index (χ2v) is 8.09. The van der Waals surface area contributed by atoms with Crippen LogP contribution in [0.5, 0.6) is 0 Å². The van der Waals surface area contributed by atoms with Crippen molar-refractivity contribution in [3.05, 3.63) is 0 Å². The smallest absolute Gasteiger partial charge is 0.248 e. The van der Waals surface area contributed by atoms with E-state index in [0.717, 1.165) is 17.0 Å². The standard InChI is InChI=1S/C14H24N4O6S/c1-24-9-12(19)17-6-7-18(25(2,22)23)11(8-17)14(21)16-10-4-3-5-15-13(10)20/h10-11H,3-9H2,1-2H3,(H,15,20)(H,16,21)/t10-,11-/m0/s1. The molecule has 2 saturated heterocycles. The van der Waals surface area contributed by atoms with Crippen LogP contribution in [0, 0.1) is 0 Å². The highest BCUT2D eigenvalue weighted by Crippen LogP contribution is 2.15. The number of piperidine rings is 1. The lowest BCUT2D eigenvalue weighted by molar-refractivity contribution is -0.140. The molecule has 2 N–H and O–H groups in total. The Bertz CT molecular complexity index is 637. The number of carbonyl (C=O) groups is 3. The van der Waals surface area contributed by atoms with Crippen LogP contribution in [0.25, 0.3) is 0 Å². The van der Waals surface area contributed by atoms with Gasteiger partial charge in [0.15, 0.2) is 0 Å². The molecule has 0 spiro atoms. The van der Waals surface area contributed by atoms with Gasteiger partial charge in [0.1, 0.15) is 18.7 Å². The monoisotopic (exact) mass is 376 g/mol. The minimum atomic E-state index is -3.63. The number of ether oxygens (including phenoxy) is 1. The molecule has 10 nitrogen and oxygen atoms in total. The number of amides is 3. The highest BCUT2D eigenvalue weighted by Gasteiger charge is 2.40. The second kappa shape index (κ2) is 8.11. The Morgan fingerprint density at radius 2 is 2.08 bits per heavy atom. The lowest BCUT2D eigenvalue weighted by atomic mass is 10.1. The summed E-state index contributed by atoms with van der Waals surface area (Å²) in [6, 6.07) is -1.76. The third-order valence-corrected chi connectivity index (χ3v) is 5.57. The fraction of sp³-hybridized carbons (Fsp3) is 0.786. The summed E-state index contributed by atoms with van der Waals surface area (Å²) in [5.74, 6) is -1.18. The van der Waals surface area contributed by atoms with Crippen LogP contribution >= 0.6 is 0 Å². The molecule has 0 aromatic rings. The average Bonchev–Trinajstić information content (AvgIpc) is 2.55. The predicted octanol–water partition coefficient (Wildman–Crippen LogP) is -2.50. The molecule has 2 heterocycles. The number of sulfonamides is 1. The van der Waals surface area contributed by atoms with Crippen LogP contribution in [-0.4, -0.2) is 93.6 Å². The van der Waals surface area contributed by atoms with Gasteiger partial charge in [-0.05, 0) is 12.8 Å². The summed E-state index contributed by atoms with van der Waals surface area (Å²) in [4.78, 5) is 37.8. The van der Waals surface area contributed by atoms with E-state index in [9.17, 15) is 22.8 Å². The molecule has 2 rings (SSSR count). The predicted molar refractivity (Wildman–Crippen MR) is 88.0 cm³/mol. The Hall–Kier alpha value is -1.72. The van der Waals surface area contributed by atoms with Crippen molar-refractivity contribution in [1.29, 1.82) is 0 Å². The number of nitrogens with zero attached hydrogens (tertiary/aromatic N) is 2. The van der Waals surface area contributed by atoms with Gasteiger partial charge in [-0.2, -0.15) is 4.31 Å². The number of carbonyl (C=O) groups excluding carboxylic acids is 3. The van der Waals surface area contributed by atoms with Gasteiger partial charge < -0.3 is 20.3 Å². The Balaban J connectivity index is 2.13. The number of hydrogen-bond acceptors (Lipinski definition) is 6. The van der Waals surface area contributed by atoms with Crippen molar-refractivity contribution in [2.24, 2.45) is 0 Å². The number of rotatable bonds is 5. The molecule has 11 heteroatoms. The summed E-state index contributed by atoms with van der Waals surface area (Å²) in [5, 5.41) is 5.26. The zero-order valence-electron chi connectivity index (χ0n) is 14.4. The average molecular weight is 376 g/mol. The second-order valence-electron chi connectivity index (χ2n) is 6.16. The Labute approximate surface area is 146 Å². The van der Waals surface area contributed by atoms with Crippen molar-refractivity contribution in [2.75, 3.05) is 46.2 Å². The van der Waals surface area contributed by atoms with Crippen molar-refractivity contribution in [3.8, 4) is 0 Å². The van der Waals surface area contributed by atoms with E-state index in [1.165, 1.54) is 12.0 Å². The fourth-order valence-electron chi connectivity index (χ4n) is 3.00. The first-order valence-electron chi connectivity index (χ1n) is 8.05. The van der Waals surface area contributed by atoms with Crippen LogP contribution in [0.3, 0.4) is 0 Å². The number of nitrogens with one attached hydrogen (secondary N) is 2. The van der Waals surface area contributed by atoms with Gasteiger partial charge >= 0.3 is 0 Å². The third-order valence-electron chi connectivity index (χ3n) is 4.28. The van der Waals surface area contributed by atoms with Crippen molar-refractivity contribution in [2.45, 2.75) is 24.9 Å². The molecule has 0 aromatic carbocycles. The molecule has 0 bridgehead atoms. The molecule has 2 aliphatic rings. The lowest BCUT2D eigenvalue weighted by Gasteiger charge is -2.39. The zero-order valence-corrected chi connectivity index (χ0v) is 15.2. The SMILES string of the molecule is COCC(=O)N1CCN(S(C)(=O)=O)[C@H](C(=O)N[C@H]2CCCNC2=O)C1. The van der Waals surface area contributed by atoms with E-state index in [1.54, 1.807) is 0 Å². The molecule has 2 atom stereocenters. The van der Waals surface area contributed by atoms with E-state index in [1.807, 2.05) is 0 Å². The summed E-state index contributed by atoms with van der Waals surface area (Å²) < 4.78 is 29.9. The van der Waals surface area contributed by atoms with Gasteiger partial charge in [0, 0.05) is 33.3 Å². The van der Waals surface area contributed by atoms with Crippen molar-refractivity contribution < 1.29 is 27.5 Å². The molecule has 0 saturated carbocycles. The van der Waals surface area contributed by atoms with Crippen LogP contribution in [0.4, 0.5) is 0 Å². The van der Waals surface area contributed by atoms with Gasteiger partial charge in [-0.3, -0.25) is 14.4 Å². The van der Waals surface area contributed by atoms with Gasteiger partial charge in [0.25, 0.3) is 0 Å². The van der Waals surface area contributed by atoms with Gasteiger partial charge in [-0.25, -0.2) is 8.42 Å². The van der Waals surface area contributed by atoms with E-state index < -0.39 is 28.0 Å². The Morgan fingerprint density at radius 1 is 1.36 bits per heavy atom. The third kappa shape index (κ3) is 4.89. The summed E-state index contributed by atoms with van der Waals surface area (Å²) in [5.41, 5.74) is 0. The quantitative estimate of drug-likeness (QED) is 0.546. The molecular weight excluding hydrogens is 352 g/mol. The highest BCUT2D eigenvalue weighted by atomic mass is 32.2. The maximum absolute atomic E-state index is 12.6. The molecule has 0 radical (unpaired) electrons. The molecule has 0 aliphatic carbocycles. The maximum atomic E-state index is 12.6. The van der Waals surface area contributed by atoms with Gasteiger partial charge in [0.2, 0.25) is 27.7 Å². The van der Waals surface area contributed by atoms with Crippen LogP contribution < -0.4 is 10.6 Å². The first-order chi connectivity index (χ1) is 11.7. The molecule has 3 amide bonds. The topological polar surface area (TPSA) is 125 Å². The largest absolute Gasteiger partial charge is 0.375 e. The van der Waals surface area contributed by atoms with Crippen molar-refractivity contribution in [1.82, 2.24) is 19.8 Å². The normalized spacial score (nSPS) is 25.4. The number of methoxy groups -OCH3 is 1. The molecule has 0 unspecified atom stereocenters. The molecule has 2 fully saturated rings. The maximum Gasteiger partial charge on any atom is 0.248 e. The van der Waals surface area contributed by atoms with Crippen LogP contribution in [0.2, 0.25) is 0 Å². The van der Waals surface area contributed by atoms with E-state index in [-0.39, 0.29) is 38.1 Å². The zero-order chi connectivity index (χ0) is 18.6. The first kappa shape index (κ1) is 19.6. The Kier molecular flexibility index (Phi) is 6.36. The minimum Gasteiger partial charge on any atom is -0.375 e. The van der Waals surface area contributed by atoms with Crippen molar-refractivity contribution in [3.63, 3.8) is 0 Å². The molecule has 2 aliphatic heterocycles. The van der Waals surface area contributed by atoms with Crippen LogP contribution in [0.1, 0.15) is 12.8 Å². The summed E-state index contributed by atoms with van der Waals surface area (Å²) in [7, 11) is -2.25. The number of hydrogen-bond donors (Lipinski definition) is 2. The summed E-state index contributed by atoms with van der Waals surface area (Å²) in [6.45, 7) is 0.545. The van der Waals surface area contributed by atoms with E-state index in [4.69, 9.17) is 4.74 Å². The summed E-state index contributed by atoms with van der Waals surface area (Å²) in [6.07, 6.45) is 2.25. The Morgan fingerprint density at radius 3 is 2.68 bits per heavy atom. The highest BCUT2D eigenvalue weighted by molar-refractivity contribution is 7.88. The molecule has 0 aromatic heterocycles. The minimum absolute atomic E-state index is 0.0171. The fourth-order valence-corrected chi connectivity index (χ4v) is 4.03. The van der Waals surface area contributed by atoms with E-state index >= 15 is 0 Å². The van der Waals surface area contributed by atoms with Crippen molar-refractivity contribution >= 4 is 27.7 Å². The molecule has 25 heavy (non-hydrogen) atoms.